The molecule has 214 valence electrons. The predicted molar refractivity (Wildman–Crippen MR) is 162 cm³/mol. The summed E-state index contributed by atoms with van der Waals surface area (Å²) < 4.78 is 29.6. The molecule has 11 heteroatoms. The zero-order chi connectivity index (χ0) is 29.4. The molecule has 0 spiro atoms. The summed E-state index contributed by atoms with van der Waals surface area (Å²) in [5, 5.41) is 6.82. The second-order valence-electron chi connectivity index (χ2n) is 10.2. The molecule has 0 unspecified atom stereocenters. The molecule has 2 aliphatic heterocycles. The minimum Gasteiger partial charge on any atom is -0.338 e. The summed E-state index contributed by atoms with van der Waals surface area (Å²) in [6, 6.07) is 9.26. The van der Waals surface area contributed by atoms with Crippen LogP contribution >= 0.6 is 23.2 Å². The van der Waals surface area contributed by atoms with Gasteiger partial charge in [-0.15, -0.1) is 0 Å². The van der Waals surface area contributed by atoms with Crippen LogP contribution in [0.1, 0.15) is 40.0 Å². The Morgan fingerprint density at radius 3 is 2.52 bits per heavy atom. The summed E-state index contributed by atoms with van der Waals surface area (Å²) in [6.07, 6.45) is 8.79. The maximum Gasteiger partial charge on any atom is 0.255 e. The number of nitrogens with zero attached hydrogens (tertiary/aromatic N) is 4. The minimum atomic E-state index is -0.704. The lowest BCUT2D eigenvalue weighted by atomic mass is 9.84. The Labute approximate surface area is 251 Å². The Morgan fingerprint density at radius 1 is 1.05 bits per heavy atom. The smallest absolute Gasteiger partial charge is 0.255 e. The Kier molecular flexibility index (Phi) is 7.90. The third kappa shape index (κ3) is 5.47. The fourth-order valence-corrected chi connectivity index (χ4v) is 5.86. The summed E-state index contributed by atoms with van der Waals surface area (Å²) in [4.78, 5) is 28.4. The molecule has 1 aromatic heterocycles. The van der Waals surface area contributed by atoms with Gasteiger partial charge in [0, 0.05) is 48.4 Å². The third-order valence-electron chi connectivity index (χ3n) is 7.68. The quantitative estimate of drug-likeness (QED) is 0.345. The highest BCUT2D eigenvalue weighted by atomic mass is 35.5. The van der Waals surface area contributed by atoms with E-state index in [9.17, 15) is 13.6 Å². The summed E-state index contributed by atoms with van der Waals surface area (Å²) >= 11 is 12.8. The molecule has 3 aromatic rings. The van der Waals surface area contributed by atoms with Crippen LogP contribution in [-0.2, 0) is 6.42 Å². The normalized spacial score (nSPS) is 16.8. The van der Waals surface area contributed by atoms with Crippen molar-refractivity contribution in [2.45, 2.75) is 25.3 Å². The highest BCUT2D eigenvalue weighted by Gasteiger charge is 2.28. The number of hydrogen-bond acceptors (Lipinski definition) is 6. The highest BCUT2D eigenvalue weighted by Crippen LogP contribution is 2.41. The topological polar surface area (TPSA) is 82.5 Å². The summed E-state index contributed by atoms with van der Waals surface area (Å²) in [5.74, 6) is -1.22. The minimum absolute atomic E-state index is 0.0834. The fourth-order valence-electron chi connectivity index (χ4n) is 5.44. The van der Waals surface area contributed by atoms with Crippen LogP contribution in [0.3, 0.4) is 0 Å². The molecule has 3 aliphatic rings. The standard InChI is InChI=1S/C31H26Cl2F2N6O/c1-36-18-9-11-41(12-10-18)30(42)21-8-6-19(13-24(21)32)39-31-38-15-17-5-7-20-22(28-25(34)3-2-4-26(28)35)14-27(33)37-16-23(20)29(17)40-31/h2-4,6-8,13-16,18,36H,5,9-12H2,1H3,(H,38,39,40). The Balaban J connectivity index is 1.26. The van der Waals surface area contributed by atoms with E-state index in [0.29, 0.717) is 58.7 Å². The van der Waals surface area contributed by atoms with Crippen molar-refractivity contribution in [1.29, 1.82) is 0 Å². The van der Waals surface area contributed by atoms with E-state index in [-0.39, 0.29) is 28.2 Å². The van der Waals surface area contributed by atoms with Crippen LogP contribution in [0.15, 0.2) is 71.5 Å². The van der Waals surface area contributed by atoms with Gasteiger partial charge in [-0.25, -0.2) is 23.7 Å². The van der Waals surface area contributed by atoms with Crippen molar-refractivity contribution in [3.8, 4) is 0 Å². The van der Waals surface area contributed by atoms with E-state index in [4.69, 9.17) is 28.2 Å². The van der Waals surface area contributed by atoms with Gasteiger partial charge in [0.05, 0.1) is 21.8 Å². The van der Waals surface area contributed by atoms with E-state index in [1.807, 2.05) is 18.0 Å². The number of carbonyl (C=O) groups is 1. The molecule has 2 aromatic carbocycles. The van der Waals surface area contributed by atoms with Crippen LogP contribution in [0.25, 0.3) is 11.1 Å². The van der Waals surface area contributed by atoms with Crippen LogP contribution in [0, 0.1) is 11.6 Å². The molecule has 1 amide bonds. The Bertz CT molecular complexity index is 1690. The molecule has 2 N–H and O–H groups in total. The maximum atomic E-state index is 14.8. The van der Waals surface area contributed by atoms with Crippen molar-refractivity contribution in [2.75, 3.05) is 25.5 Å². The van der Waals surface area contributed by atoms with E-state index in [2.05, 4.69) is 20.6 Å². The van der Waals surface area contributed by atoms with Crippen LogP contribution in [0.4, 0.5) is 20.4 Å². The molecule has 0 saturated carbocycles. The third-order valence-corrected chi connectivity index (χ3v) is 8.20. The lowest BCUT2D eigenvalue weighted by molar-refractivity contribution is 0.0707. The molecule has 7 nitrogen and oxygen atoms in total. The maximum absolute atomic E-state index is 14.8. The number of aliphatic imine (C=N–C) groups is 1. The van der Waals surface area contributed by atoms with Gasteiger partial charge in [0.2, 0.25) is 5.95 Å². The number of halogens is 4. The average molecular weight is 607 g/mol. The number of anilines is 2. The summed E-state index contributed by atoms with van der Waals surface area (Å²) in [6.45, 7) is 1.34. The van der Waals surface area contributed by atoms with Crippen molar-refractivity contribution in [2.24, 2.45) is 4.99 Å². The van der Waals surface area contributed by atoms with Gasteiger partial charge in [-0.2, -0.15) is 0 Å². The van der Waals surface area contributed by atoms with Gasteiger partial charge in [0.1, 0.15) is 16.8 Å². The molecular formula is C31H26Cl2F2N6O. The van der Waals surface area contributed by atoms with Gasteiger partial charge in [-0.3, -0.25) is 4.79 Å². The number of carbonyl (C=O) groups excluding carboxylic acids is 1. The van der Waals surface area contributed by atoms with Crippen LogP contribution in [0.5, 0.6) is 0 Å². The van der Waals surface area contributed by atoms with Gasteiger partial charge in [-0.05, 0) is 73.9 Å². The first-order valence-corrected chi connectivity index (χ1v) is 14.3. The number of benzene rings is 2. The van der Waals surface area contributed by atoms with E-state index in [1.165, 1.54) is 24.3 Å². The molecule has 0 bridgehead atoms. The lowest BCUT2D eigenvalue weighted by Gasteiger charge is -2.32. The molecule has 0 radical (unpaired) electrons. The zero-order valence-electron chi connectivity index (χ0n) is 22.6. The number of fused-ring (bicyclic) bond motifs is 3. The number of piperidine rings is 1. The number of allylic oxidation sites excluding steroid dienone is 5. The number of nitrogens with one attached hydrogen (secondary N) is 2. The molecule has 6 rings (SSSR count). The lowest BCUT2D eigenvalue weighted by Crippen LogP contribution is -2.44. The monoisotopic (exact) mass is 606 g/mol. The van der Waals surface area contributed by atoms with Crippen molar-refractivity contribution in [1.82, 2.24) is 20.2 Å². The van der Waals surface area contributed by atoms with Gasteiger partial charge in [-0.1, -0.05) is 35.3 Å². The van der Waals surface area contributed by atoms with E-state index in [0.717, 1.165) is 18.4 Å². The molecule has 1 aliphatic carbocycles. The van der Waals surface area contributed by atoms with Crippen molar-refractivity contribution in [3.63, 3.8) is 0 Å². The molecule has 1 fully saturated rings. The average Bonchev–Trinajstić information content (AvgIpc) is 3.15. The van der Waals surface area contributed by atoms with Crippen LogP contribution in [-0.4, -0.2) is 52.1 Å². The predicted octanol–water partition coefficient (Wildman–Crippen LogP) is 6.53. The summed E-state index contributed by atoms with van der Waals surface area (Å²) in [7, 11) is 1.94. The fraction of sp³-hybridized carbons (Fsp3) is 0.226. The number of hydrogen-bond donors (Lipinski definition) is 2. The zero-order valence-corrected chi connectivity index (χ0v) is 24.1. The van der Waals surface area contributed by atoms with Crippen LogP contribution < -0.4 is 10.6 Å². The molecular weight excluding hydrogens is 581 g/mol. The molecule has 1 saturated heterocycles. The first kappa shape index (κ1) is 28.2. The van der Waals surface area contributed by atoms with Crippen molar-refractivity contribution < 1.29 is 13.6 Å². The number of likely N-dealkylation sites (tertiary alicyclic amines) is 1. The van der Waals surface area contributed by atoms with E-state index < -0.39 is 11.6 Å². The Morgan fingerprint density at radius 2 is 1.81 bits per heavy atom. The Hall–Kier alpha value is -3.92. The van der Waals surface area contributed by atoms with E-state index >= 15 is 0 Å². The van der Waals surface area contributed by atoms with Crippen LogP contribution in [0.2, 0.25) is 5.02 Å². The van der Waals surface area contributed by atoms with Crippen molar-refractivity contribution in [3.05, 3.63) is 106 Å². The SMILES string of the molecule is CNC1CCN(C(=O)c2ccc(Nc3ncc4c(n3)C3=CN=C(Cl)C=C(c5c(F)cccc5F)C3=CC4)cc2Cl)CC1. The number of rotatable bonds is 5. The summed E-state index contributed by atoms with van der Waals surface area (Å²) in [5.41, 5.74) is 3.64. The molecule has 0 atom stereocenters. The molecule has 42 heavy (non-hydrogen) atoms. The highest BCUT2D eigenvalue weighted by molar-refractivity contribution is 6.69. The van der Waals surface area contributed by atoms with Gasteiger partial charge >= 0.3 is 0 Å². The van der Waals surface area contributed by atoms with E-state index in [1.54, 1.807) is 30.6 Å². The first-order chi connectivity index (χ1) is 20.3. The number of amides is 1. The van der Waals surface area contributed by atoms with Gasteiger partial charge < -0.3 is 15.5 Å². The van der Waals surface area contributed by atoms with Gasteiger partial charge in [0.15, 0.2) is 0 Å². The molecule has 3 heterocycles. The number of aromatic nitrogens is 2. The second kappa shape index (κ2) is 11.8. The largest absolute Gasteiger partial charge is 0.338 e. The van der Waals surface area contributed by atoms with Crippen molar-refractivity contribution >= 4 is 57.1 Å². The second-order valence-corrected chi connectivity index (χ2v) is 11.0. The van der Waals surface area contributed by atoms with Gasteiger partial charge in [0.25, 0.3) is 5.91 Å². The first-order valence-electron chi connectivity index (χ1n) is 13.5.